The molecular weight excluding hydrogens is 535 g/mol. The number of alkyl halides is 3. The molecule has 1 aromatic rings. The molecule has 0 bridgehead atoms. The van der Waals surface area contributed by atoms with Crippen LogP contribution < -0.4 is 4.57 Å². The Labute approximate surface area is 209 Å². The van der Waals surface area contributed by atoms with Crippen molar-refractivity contribution in [3.05, 3.63) is 30.1 Å². The lowest BCUT2D eigenvalue weighted by Gasteiger charge is -2.21. The number of halogens is 3. The number of carbonyl (C=O) groups excluding carboxylic acids is 4. The minimum absolute atomic E-state index is 0.209. The zero-order valence-electron chi connectivity index (χ0n) is 19.9. The van der Waals surface area contributed by atoms with Crippen molar-refractivity contribution in [2.24, 2.45) is 0 Å². The first-order chi connectivity index (χ1) is 17.0. The maximum Gasteiger partial charge on any atom is 0.485 e. The summed E-state index contributed by atoms with van der Waals surface area (Å²) in [6.07, 6.45) is -0.783. The highest BCUT2D eigenvalue weighted by atomic mass is 32.2. The average Bonchev–Trinajstić information content (AvgIpc) is 3.07. The highest BCUT2D eigenvalue weighted by molar-refractivity contribution is 7.86. The van der Waals surface area contributed by atoms with Crippen LogP contribution in [0.25, 0.3) is 0 Å². The minimum atomic E-state index is -6.09. The van der Waals surface area contributed by atoms with Gasteiger partial charge in [0.1, 0.15) is 18.3 Å². The van der Waals surface area contributed by atoms with E-state index in [1.807, 2.05) is 0 Å². The molecule has 0 unspecified atom stereocenters. The van der Waals surface area contributed by atoms with Crippen LogP contribution in [0.5, 0.6) is 0 Å². The van der Waals surface area contributed by atoms with E-state index in [0.717, 1.165) is 0 Å². The lowest BCUT2D eigenvalue weighted by atomic mass is 10.1. The molecule has 17 heteroatoms. The predicted molar refractivity (Wildman–Crippen MR) is 110 cm³/mol. The van der Waals surface area contributed by atoms with Gasteiger partial charge >= 0.3 is 35.6 Å². The summed E-state index contributed by atoms with van der Waals surface area (Å²) in [5, 5.41) is 0. The van der Waals surface area contributed by atoms with Gasteiger partial charge in [-0.3, -0.25) is 14.4 Å². The monoisotopic (exact) mass is 559 g/mol. The van der Waals surface area contributed by atoms with Crippen molar-refractivity contribution in [3.63, 3.8) is 0 Å². The summed E-state index contributed by atoms with van der Waals surface area (Å²) in [5.74, 6) is -2.30. The van der Waals surface area contributed by atoms with Crippen LogP contribution in [0.2, 0.25) is 0 Å². The molecule has 1 aliphatic heterocycles. The van der Waals surface area contributed by atoms with E-state index < -0.39 is 64.0 Å². The number of hydrogen-bond donors (Lipinski definition) is 0. The van der Waals surface area contributed by atoms with Crippen molar-refractivity contribution in [2.75, 3.05) is 13.2 Å². The molecule has 1 fully saturated rings. The molecule has 37 heavy (non-hydrogen) atoms. The van der Waals surface area contributed by atoms with Gasteiger partial charge in [-0.2, -0.15) is 17.7 Å². The quantitative estimate of drug-likeness (QED) is 0.149. The second-order valence-electron chi connectivity index (χ2n) is 7.18. The Morgan fingerprint density at radius 1 is 1.03 bits per heavy atom. The van der Waals surface area contributed by atoms with E-state index in [1.54, 1.807) is 25.3 Å². The van der Waals surface area contributed by atoms with Gasteiger partial charge in [-0.1, -0.05) is 0 Å². The Morgan fingerprint density at radius 2 is 1.57 bits per heavy atom. The van der Waals surface area contributed by atoms with Gasteiger partial charge < -0.3 is 28.2 Å². The molecule has 0 spiro atoms. The number of hydrogen-bond acceptors (Lipinski definition) is 12. The van der Waals surface area contributed by atoms with Crippen LogP contribution in [0, 0.1) is 0 Å². The van der Waals surface area contributed by atoms with Crippen molar-refractivity contribution in [2.45, 2.75) is 57.7 Å². The molecule has 2 heterocycles. The van der Waals surface area contributed by atoms with Crippen molar-refractivity contribution < 1.29 is 73.6 Å². The number of ether oxygens (including phenoxy) is 5. The van der Waals surface area contributed by atoms with Gasteiger partial charge in [-0.15, -0.1) is 0 Å². The molecule has 4 atom stereocenters. The molecule has 1 saturated heterocycles. The van der Waals surface area contributed by atoms with Crippen molar-refractivity contribution >= 4 is 34.0 Å². The lowest BCUT2D eigenvalue weighted by Crippen LogP contribution is -2.48. The molecule has 208 valence electrons. The van der Waals surface area contributed by atoms with Crippen molar-refractivity contribution in [3.8, 4) is 0 Å². The van der Waals surface area contributed by atoms with Crippen LogP contribution in [-0.2, 0) is 48.2 Å². The van der Waals surface area contributed by atoms with Gasteiger partial charge in [-0.05, 0) is 13.0 Å². The third kappa shape index (κ3) is 9.93. The summed E-state index contributed by atoms with van der Waals surface area (Å²) in [4.78, 5) is 46.5. The van der Waals surface area contributed by atoms with Gasteiger partial charge in [-0.25, -0.2) is 13.2 Å². The summed E-state index contributed by atoms with van der Waals surface area (Å²) in [6, 6.07) is 3.16. The van der Waals surface area contributed by atoms with E-state index in [9.17, 15) is 32.3 Å². The topological polar surface area (TPSA) is 176 Å². The largest absolute Gasteiger partial charge is 0.741 e. The molecular formula is C20H24F3NO12S. The molecule has 1 aliphatic rings. The Balaban J connectivity index is 0.000000738. The van der Waals surface area contributed by atoms with Gasteiger partial charge in [0.15, 0.2) is 28.6 Å². The number of pyridine rings is 1. The van der Waals surface area contributed by atoms with Crippen molar-refractivity contribution in [1.82, 2.24) is 0 Å². The van der Waals surface area contributed by atoms with Crippen LogP contribution >= 0.6 is 0 Å². The Morgan fingerprint density at radius 3 is 2.03 bits per heavy atom. The SMILES string of the molecule is CCOC(=O)c1ccc[n+]([C@@H]2O[C@H](COC(C)=O)[C@@H](OC(C)=O)[C@H]2OC(C)=O)c1.O=S(=O)([O-])C(F)(F)F. The van der Waals surface area contributed by atoms with Crippen LogP contribution in [0.15, 0.2) is 24.5 Å². The molecule has 0 aromatic carbocycles. The van der Waals surface area contributed by atoms with Gasteiger partial charge in [0.25, 0.3) is 0 Å². The third-order valence-electron chi connectivity index (χ3n) is 4.25. The van der Waals surface area contributed by atoms with Gasteiger partial charge in [0, 0.05) is 26.8 Å². The molecule has 0 saturated carbocycles. The molecule has 1 aromatic heterocycles. The van der Waals surface area contributed by atoms with Crippen LogP contribution in [0.3, 0.4) is 0 Å². The van der Waals surface area contributed by atoms with Gasteiger partial charge in [0.2, 0.25) is 6.10 Å². The Kier molecular flexibility index (Phi) is 11.4. The average molecular weight is 559 g/mol. The first-order valence-corrected chi connectivity index (χ1v) is 11.7. The molecule has 0 aliphatic carbocycles. The fourth-order valence-corrected chi connectivity index (χ4v) is 2.92. The summed E-state index contributed by atoms with van der Waals surface area (Å²) >= 11 is 0. The van der Waals surface area contributed by atoms with E-state index in [4.69, 9.17) is 36.7 Å². The van der Waals surface area contributed by atoms with E-state index in [2.05, 4.69) is 0 Å². The zero-order chi connectivity index (χ0) is 28.6. The molecule has 0 radical (unpaired) electrons. The van der Waals surface area contributed by atoms with E-state index >= 15 is 0 Å². The predicted octanol–water partition coefficient (Wildman–Crippen LogP) is 0.526. The summed E-state index contributed by atoms with van der Waals surface area (Å²) < 4.78 is 86.9. The fourth-order valence-electron chi connectivity index (χ4n) is 2.92. The summed E-state index contributed by atoms with van der Waals surface area (Å²) in [7, 11) is -6.09. The standard InChI is InChI=1S/C19H24NO9.CHF3O3S/c1-5-25-19(24)14-7-6-8-20(9-14)18-17(28-13(4)23)16(27-12(3)22)15(29-18)10-26-11(2)21;2-1(3,4)8(5,6)7/h6-9,15-18H,5,10H2,1-4H3;(H,5,6,7)/q+1;/p-1/t15-,16-,17-,18-;/m1./s1. The molecule has 0 amide bonds. The zero-order valence-corrected chi connectivity index (χ0v) is 20.7. The van der Waals surface area contributed by atoms with Crippen molar-refractivity contribution in [1.29, 1.82) is 0 Å². The highest BCUT2D eigenvalue weighted by Gasteiger charge is 2.54. The Bertz CT molecular complexity index is 1090. The maximum atomic E-state index is 12.0. The number of rotatable bonds is 7. The highest BCUT2D eigenvalue weighted by Crippen LogP contribution is 2.31. The third-order valence-corrected chi connectivity index (χ3v) is 4.82. The second kappa shape index (κ2) is 13.3. The Hall–Kier alpha value is -3.31. The minimum Gasteiger partial charge on any atom is -0.741 e. The summed E-state index contributed by atoms with van der Waals surface area (Å²) in [6.45, 7) is 5.34. The van der Waals surface area contributed by atoms with E-state index in [1.165, 1.54) is 31.5 Å². The van der Waals surface area contributed by atoms with Crippen LogP contribution in [0.1, 0.15) is 44.3 Å². The van der Waals surface area contributed by atoms with E-state index in [-0.39, 0.29) is 18.8 Å². The summed E-state index contributed by atoms with van der Waals surface area (Å²) in [5.41, 5.74) is -5.39. The first-order valence-electron chi connectivity index (χ1n) is 10.3. The van der Waals surface area contributed by atoms with E-state index in [0.29, 0.717) is 0 Å². The fraction of sp³-hybridized carbons (Fsp3) is 0.550. The van der Waals surface area contributed by atoms with Crippen LogP contribution in [0.4, 0.5) is 13.2 Å². The number of aromatic nitrogens is 1. The normalized spacial score (nSPS) is 21.2. The molecule has 2 rings (SSSR count). The molecule has 13 nitrogen and oxygen atoms in total. The smallest absolute Gasteiger partial charge is 0.485 e. The number of carbonyl (C=O) groups is 4. The molecule has 0 N–H and O–H groups in total. The first kappa shape index (κ1) is 31.7. The number of nitrogens with zero attached hydrogens (tertiary/aromatic N) is 1. The van der Waals surface area contributed by atoms with Gasteiger partial charge in [0.05, 0.1) is 6.61 Å². The number of esters is 4. The maximum absolute atomic E-state index is 12.0. The lowest BCUT2D eigenvalue weighted by molar-refractivity contribution is -0.765. The second-order valence-corrected chi connectivity index (χ2v) is 8.55. The van der Waals surface area contributed by atoms with Crippen LogP contribution in [-0.4, -0.2) is 73.9 Å².